The zero-order valence-electron chi connectivity index (χ0n) is 25.0. The molecule has 4 heterocycles. The number of carbonyl (C=O) groups is 2. The predicted octanol–water partition coefficient (Wildman–Crippen LogP) is 5.85. The number of methoxy groups -OCH3 is 1. The predicted molar refractivity (Wildman–Crippen MR) is 173 cm³/mol. The van der Waals surface area contributed by atoms with Crippen molar-refractivity contribution in [1.29, 1.82) is 0 Å². The lowest BCUT2D eigenvalue weighted by Crippen LogP contribution is -2.35. The minimum absolute atomic E-state index is 0.361. The number of anilines is 2. The molecule has 1 aliphatic heterocycles. The third-order valence-corrected chi connectivity index (χ3v) is 7.50. The Kier molecular flexibility index (Phi) is 8.19. The molecule has 2 amide bonds. The van der Waals surface area contributed by atoms with Gasteiger partial charge in [-0.15, -0.1) is 0 Å². The fourth-order valence-electron chi connectivity index (χ4n) is 5.43. The largest absolute Gasteiger partial charge is 0.497 e. The van der Waals surface area contributed by atoms with Gasteiger partial charge in [-0.05, 0) is 74.5 Å². The maximum Gasteiger partial charge on any atom is 0.255 e. The summed E-state index contributed by atoms with van der Waals surface area (Å²) < 4.78 is 7.17. The van der Waals surface area contributed by atoms with Crippen molar-refractivity contribution in [3.63, 3.8) is 0 Å². The molecule has 1 aliphatic rings. The van der Waals surface area contributed by atoms with E-state index in [0.29, 0.717) is 51.2 Å². The van der Waals surface area contributed by atoms with Crippen LogP contribution in [-0.4, -0.2) is 38.7 Å². The molecule has 3 N–H and O–H groups in total. The van der Waals surface area contributed by atoms with E-state index in [4.69, 9.17) is 9.84 Å². The van der Waals surface area contributed by atoms with Crippen LogP contribution in [0.4, 0.5) is 11.6 Å². The van der Waals surface area contributed by atoms with Crippen molar-refractivity contribution in [3.05, 3.63) is 138 Å². The molecule has 5 aromatic rings. The molecule has 0 aliphatic carbocycles. The monoisotopic (exact) mass is 597 g/mol. The van der Waals surface area contributed by atoms with Gasteiger partial charge in [0.1, 0.15) is 17.4 Å². The Morgan fingerprint density at radius 1 is 0.756 bits per heavy atom. The number of allylic oxidation sites excluding steroid dienone is 2. The van der Waals surface area contributed by atoms with Gasteiger partial charge in [-0.3, -0.25) is 9.59 Å². The third-order valence-electron chi connectivity index (χ3n) is 7.50. The van der Waals surface area contributed by atoms with Crippen LogP contribution in [0, 0.1) is 0 Å². The van der Waals surface area contributed by atoms with E-state index < -0.39 is 17.7 Å². The maximum absolute atomic E-state index is 14.1. The molecule has 2 aromatic carbocycles. The van der Waals surface area contributed by atoms with Gasteiger partial charge in [-0.1, -0.05) is 30.3 Å². The Bertz CT molecular complexity index is 1820. The van der Waals surface area contributed by atoms with Gasteiger partial charge in [-0.25, -0.2) is 14.6 Å². The Labute approximate surface area is 260 Å². The molecule has 3 aromatic heterocycles. The number of nitrogens with zero attached hydrogens (tertiary/aromatic N) is 4. The van der Waals surface area contributed by atoms with Crippen molar-refractivity contribution in [2.45, 2.75) is 19.8 Å². The van der Waals surface area contributed by atoms with E-state index in [9.17, 15) is 9.59 Å². The average Bonchev–Trinajstić information content (AvgIpc) is 3.51. The molecule has 224 valence electrons. The Hall–Kier alpha value is -6.03. The molecule has 6 rings (SSSR count). The Balaban J connectivity index is 1.55. The van der Waals surface area contributed by atoms with Crippen molar-refractivity contribution in [2.75, 3.05) is 17.7 Å². The number of aromatic nitrogens is 4. The number of dihydropyridines is 1. The van der Waals surface area contributed by atoms with Crippen molar-refractivity contribution < 1.29 is 14.3 Å². The van der Waals surface area contributed by atoms with Crippen LogP contribution in [0.15, 0.2) is 132 Å². The fraction of sp³-hybridized carbons (Fsp3) is 0.114. The highest BCUT2D eigenvalue weighted by molar-refractivity contribution is 6.11. The summed E-state index contributed by atoms with van der Waals surface area (Å²) in [4.78, 5) is 36.9. The van der Waals surface area contributed by atoms with Crippen LogP contribution in [0.1, 0.15) is 25.3 Å². The maximum atomic E-state index is 14.1. The Morgan fingerprint density at radius 2 is 1.31 bits per heavy atom. The summed E-state index contributed by atoms with van der Waals surface area (Å²) in [5, 5.41) is 14.1. The van der Waals surface area contributed by atoms with Gasteiger partial charge in [0.25, 0.3) is 11.8 Å². The van der Waals surface area contributed by atoms with Crippen LogP contribution >= 0.6 is 0 Å². The quantitative estimate of drug-likeness (QED) is 0.205. The summed E-state index contributed by atoms with van der Waals surface area (Å²) >= 11 is 0. The lowest BCUT2D eigenvalue weighted by molar-refractivity contribution is -0.113. The van der Waals surface area contributed by atoms with Crippen LogP contribution < -0.4 is 20.7 Å². The van der Waals surface area contributed by atoms with Gasteiger partial charge in [-0.2, -0.15) is 5.10 Å². The number of pyridine rings is 2. The summed E-state index contributed by atoms with van der Waals surface area (Å²) in [5.41, 5.74) is 4.83. The molecule has 0 spiro atoms. The van der Waals surface area contributed by atoms with Crippen molar-refractivity contribution >= 4 is 23.5 Å². The first kappa shape index (κ1) is 29.1. The molecular weight excluding hydrogens is 566 g/mol. The van der Waals surface area contributed by atoms with Gasteiger partial charge in [0.2, 0.25) is 0 Å². The lowest BCUT2D eigenvalue weighted by atomic mass is 9.79. The summed E-state index contributed by atoms with van der Waals surface area (Å²) in [6.45, 7) is 3.65. The van der Waals surface area contributed by atoms with E-state index in [1.165, 1.54) is 0 Å². The molecule has 0 fully saturated rings. The number of carbonyl (C=O) groups excluding carboxylic acids is 2. The molecule has 10 heteroatoms. The number of hydrogen-bond acceptors (Lipinski definition) is 7. The number of benzene rings is 2. The van der Waals surface area contributed by atoms with Gasteiger partial charge in [0, 0.05) is 52.3 Å². The van der Waals surface area contributed by atoms with Gasteiger partial charge in [0.15, 0.2) is 0 Å². The smallest absolute Gasteiger partial charge is 0.255 e. The first-order valence-electron chi connectivity index (χ1n) is 14.4. The van der Waals surface area contributed by atoms with Gasteiger partial charge >= 0.3 is 0 Å². The highest BCUT2D eigenvalue weighted by Gasteiger charge is 2.39. The first-order chi connectivity index (χ1) is 21.9. The van der Waals surface area contributed by atoms with Gasteiger partial charge < -0.3 is 20.7 Å². The molecule has 0 unspecified atom stereocenters. The molecule has 0 saturated carbocycles. The SMILES string of the molecule is COc1ccc(-c2nn(-c3ccccc3)cc2C2C(C(=O)Nc3ccccn3)=C(C)NC(C)=C2C(=O)Nc2ccccn2)cc1. The summed E-state index contributed by atoms with van der Waals surface area (Å²) in [6.07, 6.45) is 5.09. The zero-order valence-corrected chi connectivity index (χ0v) is 25.0. The van der Waals surface area contributed by atoms with Crippen molar-refractivity contribution in [3.8, 4) is 22.7 Å². The number of amides is 2. The minimum Gasteiger partial charge on any atom is -0.497 e. The molecule has 0 atom stereocenters. The minimum atomic E-state index is -0.812. The topological polar surface area (TPSA) is 123 Å². The van der Waals surface area contributed by atoms with Gasteiger partial charge in [0.05, 0.1) is 24.4 Å². The number of ether oxygens (including phenoxy) is 1. The lowest BCUT2D eigenvalue weighted by Gasteiger charge is -2.31. The van der Waals surface area contributed by atoms with E-state index in [1.54, 1.807) is 60.6 Å². The normalized spacial score (nSPS) is 13.3. The van der Waals surface area contributed by atoms with E-state index in [0.717, 1.165) is 11.3 Å². The second-order valence-corrected chi connectivity index (χ2v) is 10.4. The zero-order chi connectivity index (χ0) is 31.3. The Morgan fingerprint density at radius 3 is 1.82 bits per heavy atom. The van der Waals surface area contributed by atoms with Crippen LogP contribution in [0.3, 0.4) is 0 Å². The number of para-hydroxylation sites is 1. The molecule has 0 saturated heterocycles. The first-order valence-corrected chi connectivity index (χ1v) is 14.4. The second kappa shape index (κ2) is 12.7. The highest BCUT2D eigenvalue weighted by atomic mass is 16.5. The van der Waals surface area contributed by atoms with E-state index in [1.807, 2.05) is 74.6 Å². The standard InChI is InChI=1S/C35H31N7O3/c1-22-30(34(43)39-28-13-7-9-19-36-28)32(31(23(2)38-22)35(44)40-29-14-8-10-20-37-29)27-21-42(25-11-5-4-6-12-25)41-33(27)24-15-17-26(45-3)18-16-24/h4-21,32,38H,1-3H3,(H,36,39,43)(H,37,40,44). The second-order valence-electron chi connectivity index (χ2n) is 10.4. The fourth-order valence-corrected chi connectivity index (χ4v) is 5.43. The van der Waals surface area contributed by atoms with E-state index in [-0.39, 0.29) is 0 Å². The summed E-state index contributed by atoms with van der Waals surface area (Å²) in [5.74, 6) is -0.125. The van der Waals surface area contributed by atoms with E-state index >= 15 is 0 Å². The molecule has 10 nitrogen and oxygen atoms in total. The summed E-state index contributed by atoms with van der Waals surface area (Å²) in [7, 11) is 1.61. The number of hydrogen-bond donors (Lipinski definition) is 3. The van der Waals surface area contributed by atoms with Crippen molar-refractivity contribution in [1.82, 2.24) is 25.1 Å². The molecule has 0 radical (unpaired) electrons. The van der Waals surface area contributed by atoms with E-state index in [2.05, 4.69) is 25.9 Å². The van der Waals surface area contributed by atoms with Crippen LogP contribution in [0.2, 0.25) is 0 Å². The number of nitrogens with one attached hydrogen (secondary N) is 3. The highest BCUT2D eigenvalue weighted by Crippen LogP contribution is 2.43. The number of rotatable bonds is 8. The van der Waals surface area contributed by atoms with Crippen molar-refractivity contribution in [2.24, 2.45) is 0 Å². The average molecular weight is 598 g/mol. The van der Waals surface area contributed by atoms with Crippen LogP contribution in [0.25, 0.3) is 16.9 Å². The third kappa shape index (κ3) is 6.07. The molecule has 0 bridgehead atoms. The summed E-state index contributed by atoms with van der Waals surface area (Å²) in [6, 6.07) is 27.8. The van der Waals surface area contributed by atoms with Crippen LogP contribution in [0.5, 0.6) is 5.75 Å². The molecular formula is C35H31N7O3. The molecule has 45 heavy (non-hydrogen) atoms. The van der Waals surface area contributed by atoms with Crippen LogP contribution in [-0.2, 0) is 9.59 Å².